The van der Waals surface area contributed by atoms with Crippen LogP contribution in [0.4, 0.5) is 0 Å². The number of aromatic nitrogens is 2. The number of ketones is 1. The second-order valence-electron chi connectivity index (χ2n) is 7.80. The number of hydrogen-bond acceptors (Lipinski definition) is 6. The normalized spacial score (nSPS) is 11.8. The van der Waals surface area contributed by atoms with Gasteiger partial charge in [0.2, 0.25) is 0 Å². The molecule has 166 valence electrons. The maximum atomic E-state index is 13.6. The van der Waals surface area contributed by atoms with Crippen LogP contribution >= 0.6 is 11.7 Å². The molecule has 3 aromatic carbocycles. The summed E-state index contributed by atoms with van der Waals surface area (Å²) in [5.74, 6) is -0.760. The zero-order valence-corrected chi connectivity index (χ0v) is 19.3. The maximum Gasteiger partial charge on any atom is 0.336 e. The highest BCUT2D eigenvalue weighted by atomic mass is 32.1. The molecule has 0 amide bonds. The topological polar surface area (TPSA) is 89.4 Å². The van der Waals surface area contributed by atoms with Crippen molar-refractivity contribution in [3.8, 4) is 5.75 Å². The largest absolute Gasteiger partial charge is 0.496 e. The third kappa shape index (κ3) is 4.68. The lowest BCUT2D eigenvalue weighted by Crippen LogP contribution is -2.14. The van der Waals surface area contributed by atoms with Crippen LogP contribution in [0.25, 0.3) is 16.6 Å². The van der Waals surface area contributed by atoms with Crippen LogP contribution in [0, 0.1) is 13.8 Å². The van der Waals surface area contributed by atoms with Crippen LogP contribution in [-0.4, -0.2) is 32.7 Å². The molecule has 0 aliphatic carbocycles. The van der Waals surface area contributed by atoms with Crippen molar-refractivity contribution in [1.82, 2.24) is 8.75 Å². The number of aryl methyl sites for hydroxylation is 2. The highest BCUT2D eigenvalue weighted by Gasteiger charge is 2.24. The van der Waals surface area contributed by atoms with Crippen molar-refractivity contribution in [2.45, 2.75) is 20.3 Å². The summed E-state index contributed by atoms with van der Waals surface area (Å²) in [6, 6.07) is 17.8. The number of benzene rings is 3. The number of Topliss-reactive ketones (excluding diaryl/α,β-unsaturated/α-hetero) is 1. The average Bonchev–Trinajstić information content (AvgIpc) is 3.27. The number of rotatable bonds is 7. The van der Waals surface area contributed by atoms with Gasteiger partial charge in [-0.1, -0.05) is 48.0 Å². The fourth-order valence-electron chi connectivity index (χ4n) is 3.78. The second-order valence-corrected chi connectivity index (χ2v) is 8.33. The van der Waals surface area contributed by atoms with E-state index in [4.69, 9.17) is 4.74 Å². The molecule has 1 heterocycles. The number of fused-ring (bicyclic) bond motifs is 1. The Balaban J connectivity index is 1.90. The molecule has 0 saturated carbocycles. The van der Waals surface area contributed by atoms with Crippen LogP contribution < -0.4 is 4.74 Å². The molecule has 0 spiro atoms. The average molecular weight is 459 g/mol. The lowest BCUT2D eigenvalue weighted by atomic mass is 9.89. The fraction of sp³-hybridized carbons (Fsp3) is 0.154. The summed E-state index contributed by atoms with van der Waals surface area (Å²) in [6.07, 6.45) is 0.159. The van der Waals surface area contributed by atoms with Gasteiger partial charge in [0.25, 0.3) is 0 Å². The summed E-state index contributed by atoms with van der Waals surface area (Å²) in [4.78, 5) is 26.1. The number of carboxylic acid groups (broad SMARTS) is 1. The molecular formula is C26H22N2O4S. The Kier molecular flexibility index (Phi) is 6.33. The number of carboxylic acids is 1. The standard InChI is InChI=1S/C26H22N2O4S/c1-15-4-7-18(8-5-15)25(29)20(13-17-6-11-23(32-3)16(2)12-17)24(26(30)31)19-9-10-21-22(14-19)28-33-27-21/h4-12,14H,13H2,1-3H3,(H,30,31). The van der Waals surface area contributed by atoms with Gasteiger partial charge in [-0.25, -0.2) is 4.79 Å². The van der Waals surface area contributed by atoms with Crippen LogP contribution in [0.5, 0.6) is 5.75 Å². The molecule has 0 atom stereocenters. The van der Waals surface area contributed by atoms with E-state index in [1.165, 1.54) is 0 Å². The summed E-state index contributed by atoms with van der Waals surface area (Å²) in [5.41, 5.74) is 5.05. The SMILES string of the molecule is COc1ccc(CC(C(=O)c2ccc(C)cc2)=C(C(=O)O)c2ccc3nsnc3c2)cc1C. The molecule has 0 bridgehead atoms. The van der Waals surface area contributed by atoms with Gasteiger partial charge in [-0.05, 0) is 48.7 Å². The molecule has 0 fully saturated rings. The van der Waals surface area contributed by atoms with E-state index in [0.717, 1.165) is 34.2 Å². The van der Waals surface area contributed by atoms with E-state index in [2.05, 4.69) is 8.75 Å². The van der Waals surface area contributed by atoms with Gasteiger partial charge in [0.15, 0.2) is 5.78 Å². The third-order valence-electron chi connectivity index (χ3n) is 5.49. The summed E-state index contributed by atoms with van der Waals surface area (Å²) in [7, 11) is 1.60. The molecule has 0 unspecified atom stereocenters. The van der Waals surface area contributed by atoms with Crippen molar-refractivity contribution in [2.75, 3.05) is 7.11 Å². The number of aliphatic carboxylic acids is 1. The Morgan fingerprint density at radius 1 is 0.909 bits per heavy atom. The molecule has 0 aliphatic rings. The van der Waals surface area contributed by atoms with Crippen molar-refractivity contribution in [3.05, 3.63) is 94.1 Å². The van der Waals surface area contributed by atoms with Crippen LogP contribution in [-0.2, 0) is 11.2 Å². The molecule has 0 aliphatic heterocycles. The first-order valence-electron chi connectivity index (χ1n) is 10.3. The summed E-state index contributed by atoms with van der Waals surface area (Å²) >= 11 is 1.06. The number of methoxy groups -OCH3 is 1. The Morgan fingerprint density at radius 2 is 1.61 bits per heavy atom. The molecule has 7 heteroatoms. The quantitative estimate of drug-likeness (QED) is 0.299. The Bertz CT molecular complexity index is 1390. The van der Waals surface area contributed by atoms with E-state index in [0.29, 0.717) is 22.2 Å². The molecule has 0 radical (unpaired) electrons. The summed E-state index contributed by atoms with van der Waals surface area (Å²) in [6.45, 7) is 3.85. The van der Waals surface area contributed by atoms with E-state index >= 15 is 0 Å². The van der Waals surface area contributed by atoms with Crippen molar-refractivity contribution in [3.63, 3.8) is 0 Å². The second kappa shape index (κ2) is 9.34. The van der Waals surface area contributed by atoms with Gasteiger partial charge >= 0.3 is 5.97 Å². The number of hydrogen-bond donors (Lipinski definition) is 1. The van der Waals surface area contributed by atoms with Crippen molar-refractivity contribution in [2.24, 2.45) is 0 Å². The minimum atomic E-state index is -1.17. The van der Waals surface area contributed by atoms with Gasteiger partial charge in [0.05, 0.1) is 24.4 Å². The van der Waals surface area contributed by atoms with Crippen LogP contribution in [0.3, 0.4) is 0 Å². The lowest BCUT2D eigenvalue weighted by Gasteiger charge is -2.14. The zero-order chi connectivity index (χ0) is 23.5. The van der Waals surface area contributed by atoms with Crippen LogP contribution in [0.1, 0.15) is 32.6 Å². The van der Waals surface area contributed by atoms with Gasteiger partial charge in [-0.2, -0.15) is 8.75 Å². The number of nitrogens with zero attached hydrogens (tertiary/aromatic N) is 2. The number of ether oxygens (including phenoxy) is 1. The molecule has 4 aromatic rings. The molecule has 1 N–H and O–H groups in total. The van der Waals surface area contributed by atoms with Crippen LogP contribution in [0.2, 0.25) is 0 Å². The van der Waals surface area contributed by atoms with E-state index in [1.54, 1.807) is 37.4 Å². The van der Waals surface area contributed by atoms with Gasteiger partial charge in [0.1, 0.15) is 16.8 Å². The van der Waals surface area contributed by atoms with Gasteiger partial charge in [-0.3, -0.25) is 4.79 Å². The molecule has 33 heavy (non-hydrogen) atoms. The lowest BCUT2D eigenvalue weighted by molar-refractivity contribution is -0.130. The van der Waals surface area contributed by atoms with Crippen molar-refractivity contribution < 1.29 is 19.4 Å². The van der Waals surface area contributed by atoms with E-state index in [9.17, 15) is 14.7 Å². The first kappa shape index (κ1) is 22.4. The molecule has 4 rings (SSSR count). The summed E-state index contributed by atoms with van der Waals surface area (Å²) < 4.78 is 13.7. The molecule has 6 nitrogen and oxygen atoms in total. The Labute approximate surface area is 195 Å². The molecule has 1 aromatic heterocycles. The van der Waals surface area contributed by atoms with Crippen molar-refractivity contribution >= 4 is 40.1 Å². The number of carbonyl (C=O) groups is 2. The fourth-order valence-corrected chi connectivity index (χ4v) is 4.30. The van der Waals surface area contributed by atoms with Gasteiger partial charge in [-0.15, -0.1) is 0 Å². The monoisotopic (exact) mass is 458 g/mol. The van der Waals surface area contributed by atoms with Crippen molar-refractivity contribution in [1.29, 1.82) is 0 Å². The summed E-state index contributed by atoms with van der Waals surface area (Å²) in [5, 5.41) is 10.2. The molecule has 0 saturated heterocycles. The number of allylic oxidation sites excluding steroid dienone is 1. The predicted molar refractivity (Wildman–Crippen MR) is 129 cm³/mol. The predicted octanol–water partition coefficient (Wildman–Crippen LogP) is 5.28. The minimum absolute atomic E-state index is 0.0380. The van der Waals surface area contributed by atoms with Crippen LogP contribution in [0.15, 0.2) is 66.2 Å². The maximum absolute atomic E-state index is 13.6. The first-order valence-corrected chi connectivity index (χ1v) is 11.0. The highest BCUT2D eigenvalue weighted by Crippen LogP contribution is 2.29. The smallest absolute Gasteiger partial charge is 0.336 e. The highest BCUT2D eigenvalue weighted by molar-refractivity contribution is 7.00. The first-order chi connectivity index (χ1) is 15.9. The third-order valence-corrected chi connectivity index (χ3v) is 6.04. The van der Waals surface area contributed by atoms with Gasteiger partial charge in [0, 0.05) is 17.6 Å². The minimum Gasteiger partial charge on any atom is -0.496 e. The Hall–Kier alpha value is -3.84. The Morgan fingerprint density at radius 3 is 2.27 bits per heavy atom. The van der Waals surface area contributed by atoms with Gasteiger partial charge < -0.3 is 9.84 Å². The molecular weight excluding hydrogens is 436 g/mol. The zero-order valence-electron chi connectivity index (χ0n) is 18.5. The van der Waals surface area contributed by atoms with E-state index in [-0.39, 0.29) is 23.4 Å². The number of carbonyl (C=O) groups excluding carboxylic acids is 1. The van der Waals surface area contributed by atoms with E-state index in [1.807, 2.05) is 44.2 Å². The van der Waals surface area contributed by atoms with E-state index < -0.39 is 5.97 Å².